The number of amides is 6. The average Bonchev–Trinajstić information content (AvgIpc) is 1.79. The van der Waals surface area contributed by atoms with E-state index in [0.717, 1.165) is 57.5 Å². The van der Waals surface area contributed by atoms with E-state index in [0.29, 0.717) is 77.3 Å². The smallest absolute Gasteiger partial charge is 0.415 e. The number of hydrogen-bond donors (Lipinski definition) is 6. The number of carbonyl (C=O) groups excluding carboxylic acids is 7. The van der Waals surface area contributed by atoms with E-state index >= 15 is 0 Å². The summed E-state index contributed by atoms with van der Waals surface area (Å²) in [4.78, 5) is 106. The maximum absolute atomic E-state index is 14.6. The highest BCUT2D eigenvalue weighted by Gasteiger charge is 2.37. The molecule has 20 nitrogen and oxygen atoms in total. The van der Waals surface area contributed by atoms with Crippen molar-refractivity contribution in [2.24, 2.45) is 23.3 Å². The number of fused-ring (bicyclic) bond motifs is 5. The molecule has 444 valence electrons. The van der Waals surface area contributed by atoms with Crippen LogP contribution < -0.4 is 36.5 Å². The van der Waals surface area contributed by atoms with Gasteiger partial charge < -0.3 is 61.0 Å². The van der Waals surface area contributed by atoms with Crippen molar-refractivity contribution in [3.63, 3.8) is 0 Å². The fraction of sp³-hybridized carbons (Fsp3) is 0.403. The van der Waals surface area contributed by atoms with Gasteiger partial charge in [-0.05, 0) is 134 Å². The van der Waals surface area contributed by atoms with Crippen LogP contribution in [0.5, 0.6) is 11.5 Å². The number of carbonyl (C=O) groups is 7. The monoisotopic (exact) mass is 1180 g/mol. The Morgan fingerprint density at radius 2 is 1.51 bits per heavy atom. The second-order valence-electron chi connectivity index (χ2n) is 22.3. The normalized spacial score (nSPS) is 14.9. The number of nitrogens with one attached hydrogen (secondary N) is 4. The van der Waals surface area contributed by atoms with Crippen molar-refractivity contribution in [1.82, 2.24) is 24.7 Å². The maximum atomic E-state index is 14.6. The second kappa shape index (κ2) is 27.2. The van der Waals surface area contributed by atoms with E-state index in [2.05, 4.69) is 25.5 Å². The highest BCUT2D eigenvalue weighted by atomic mass is 35.5. The van der Waals surface area contributed by atoms with E-state index in [1.54, 1.807) is 67.5 Å². The van der Waals surface area contributed by atoms with Gasteiger partial charge in [0.1, 0.15) is 30.4 Å². The third-order valence-electron chi connectivity index (χ3n) is 15.7. The zero-order chi connectivity index (χ0) is 59.8. The van der Waals surface area contributed by atoms with Crippen LogP contribution in [0, 0.1) is 18.8 Å². The van der Waals surface area contributed by atoms with Gasteiger partial charge >= 0.3 is 12.2 Å². The van der Waals surface area contributed by atoms with Gasteiger partial charge in [-0.15, -0.1) is 22.9 Å². The molecule has 2 aliphatic rings. The van der Waals surface area contributed by atoms with E-state index in [1.165, 1.54) is 34.0 Å². The number of nitrogens with two attached hydrogens (primary N) is 2. The number of thiophene rings is 1. The number of halogens is 1. The summed E-state index contributed by atoms with van der Waals surface area (Å²) in [6.07, 6.45) is 2.74. The Labute approximate surface area is 496 Å². The molecule has 4 aromatic carbocycles. The summed E-state index contributed by atoms with van der Waals surface area (Å²) < 4.78 is 18.4. The van der Waals surface area contributed by atoms with Crippen molar-refractivity contribution in [2.75, 3.05) is 81.4 Å². The predicted octanol–water partition coefficient (Wildman–Crippen LogP) is 10.1. The van der Waals surface area contributed by atoms with Gasteiger partial charge in [-0.1, -0.05) is 32.4 Å². The number of anilines is 3. The molecule has 0 bridgehead atoms. The summed E-state index contributed by atoms with van der Waals surface area (Å²) in [6.45, 7) is 9.81. The average molecular weight is 1190 g/mol. The largest absolute Gasteiger partial charge is 0.492 e. The van der Waals surface area contributed by atoms with Crippen LogP contribution in [-0.2, 0) is 25.7 Å². The number of nitrogens with zero attached hydrogens (tertiary/aromatic N) is 4. The van der Waals surface area contributed by atoms with Crippen molar-refractivity contribution in [1.29, 1.82) is 0 Å². The fourth-order valence-electron chi connectivity index (χ4n) is 10.7. The van der Waals surface area contributed by atoms with E-state index in [9.17, 15) is 33.6 Å². The molecule has 1 fully saturated rings. The molecular formula is C62H73ClN10O10S. The minimum absolute atomic E-state index is 0.0278. The number of likely N-dealkylation sites (N-methyl/N-ethyl adjacent to an activating group) is 2. The number of hydrogen-bond acceptors (Lipinski definition) is 13. The summed E-state index contributed by atoms with van der Waals surface area (Å²) >= 11 is 8.06. The molecule has 0 radical (unpaired) electrons. The number of unbranched alkanes of at least 4 members (excludes halogenated alkanes) is 1. The van der Waals surface area contributed by atoms with Crippen molar-refractivity contribution in [2.45, 2.75) is 84.3 Å². The number of ketones is 1. The van der Waals surface area contributed by atoms with Crippen molar-refractivity contribution >= 4 is 113 Å². The van der Waals surface area contributed by atoms with Crippen LogP contribution in [0.3, 0.4) is 0 Å². The molecule has 0 saturated carbocycles. The van der Waals surface area contributed by atoms with Crippen LogP contribution >= 0.6 is 22.9 Å². The number of Topliss-reactive ketones (excluding diaryl/α,β-unsaturated/α-hetero) is 1. The van der Waals surface area contributed by atoms with E-state index in [4.69, 9.17) is 37.3 Å². The lowest BCUT2D eigenvalue weighted by Gasteiger charge is -2.22. The number of primary amides is 1. The quantitative estimate of drug-likeness (QED) is 0.0231. The minimum atomic E-state index is -0.696. The fourth-order valence-corrected chi connectivity index (χ4v) is 12.0. The molecule has 9 rings (SSSR count). The molecule has 2 aliphatic heterocycles. The number of benzene rings is 4. The van der Waals surface area contributed by atoms with Crippen LogP contribution in [0.4, 0.5) is 26.7 Å². The van der Waals surface area contributed by atoms with Crippen LogP contribution in [0.15, 0.2) is 84.2 Å². The van der Waals surface area contributed by atoms with Gasteiger partial charge in [0.05, 0.1) is 16.4 Å². The van der Waals surface area contributed by atoms with Crippen LogP contribution in [0.1, 0.15) is 102 Å². The van der Waals surface area contributed by atoms with Crippen molar-refractivity contribution < 1.29 is 47.8 Å². The van der Waals surface area contributed by atoms with Gasteiger partial charge in [0.15, 0.2) is 11.5 Å². The number of H-pyrrole nitrogens is 2. The lowest BCUT2D eigenvalue weighted by molar-refractivity contribution is -0.127. The predicted molar refractivity (Wildman–Crippen MR) is 328 cm³/mol. The summed E-state index contributed by atoms with van der Waals surface area (Å²) in [5.41, 5.74) is 17.7. The SMILES string of the molecule is Cc1csc2c(OC(=O)N(C)CCN(C)C(=O)OCc3ccc(NC(=O)[C@H](CCCCC(N)=O)CC(=O)[C@@H](N)C(C)C)cc3)cc3c(c12)[C@H](CCl)CN3C(=O)c1cc2cc(NC(=O)c3cc4cc(OCCN5CCCC5)ccc4[nH]3)ccc2[nH]1. The van der Waals surface area contributed by atoms with Gasteiger partial charge in [-0.25, -0.2) is 9.59 Å². The van der Waals surface area contributed by atoms with Crippen molar-refractivity contribution in [3.05, 3.63) is 112 Å². The Kier molecular flexibility index (Phi) is 19.6. The van der Waals surface area contributed by atoms with Crippen LogP contribution in [0.25, 0.3) is 31.9 Å². The molecule has 3 aromatic heterocycles. The van der Waals surface area contributed by atoms with Gasteiger partial charge in [0, 0.05) is 115 Å². The molecule has 3 atom stereocenters. The maximum Gasteiger partial charge on any atom is 0.415 e. The van der Waals surface area contributed by atoms with Gasteiger partial charge in [-0.3, -0.25) is 28.9 Å². The molecule has 5 heterocycles. The highest BCUT2D eigenvalue weighted by Crippen LogP contribution is 2.49. The van der Waals surface area contributed by atoms with Crippen LogP contribution in [-0.4, -0.2) is 138 Å². The Balaban J connectivity index is 0.788. The first-order chi connectivity index (χ1) is 40.3. The summed E-state index contributed by atoms with van der Waals surface area (Å²) in [5.74, 6) is -1.28. The Hall–Kier alpha value is -7.98. The third kappa shape index (κ3) is 14.5. The second-order valence-corrected chi connectivity index (χ2v) is 23.5. The van der Waals surface area contributed by atoms with E-state index < -0.39 is 30.1 Å². The Bertz CT molecular complexity index is 3570. The topological polar surface area (TPSA) is 268 Å². The molecule has 0 spiro atoms. The molecule has 7 aromatic rings. The van der Waals surface area contributed by atoms with Gasteiger partial charge in [-0.2, -0.15) is 0 Å². The summed E-state index contributed by atoms with van der Waals surface area (Å²) in [5, 5.41) is 10.3. The molecule has 0 aliphatic carbocycles. The first-order valence-corrected chi connectivity index (χ1v) is 29.9. The Morgan fingerprint density at radius 3 is 2.23 bits per heavy atom. The number of rotatable bonds is 25. The minimum Gasteiger partial charge on any atom is -0.492 e. The van der Waals surface area contributed by atoms with Crippen LogP contribution in [0.2, 0.25) is 0 Å². The zero-order valence-electron chi connectivity index (χ0n) is 48.0. The lowest BCUT2D eigenvalue weighted by atomic mass is 9.89. The third-order valence-corrected chi connectivity index (χ3v) is 17.2. The number of alkyl halides is 1. The van der Waals surface area contributed by atoms with Gasteiger partial charge in [0.2, 0.25) is 11.8 Å². The standard InChI is InChI=1S/C62H73ClN10O10S/c1-36(2)56(65)51(74)30-39(10-6-7-11-53(64)75)58(76)66-43-14-12-38(13-15-43)34-82-61(79)70(4)22-23-71(5)62(80)83-52-31-50-55(54-37(3)35-84-57(52)54)42(32-63)33-73(50)60(78)49-29-40-26-44(16-18-46(40)69-49)67-59(77)48-28-41-27-45(17-19-47(41)68-48)81-25-24-72-20-8-9-21-72/h12-19,26-29,31,35-36,39,42,56,68-69H,6-11,20-25,30,32-34,65H2,1-5H3,(H2,64,75)(H,66,76)(H,67,77)/t39-,42-,56+/m1/s1. The molecule has 8 N–H and O–H groups in total. The van der Waals surface area contributed by atoms with E-state index in [-0.39, 0.29) is 79.5 Å². The molecule has 0 unspecified atom stereocenters. The number of aromatic nitrogens is 2. The van der Waals surface area contributed by atoms with Gasteiger partial charge in [0.25, 0.3) is 11.8 Å². The zero-order valence-corrected chi connectivity index (χ0v) is 49.6. The van der Waals surface area contributed by atoms with E-state index in [1.807, 2.05) is 56.5 Å². The molecule has 1 saturated heterocycles. The number of aryl methyl sites for hydroxylation is 1. The first-order valence-electron chi connectivity index (χ1n) is 28.5. The highest BCUT2D eigenvalue weighted by molar-refractivity contribution is 7.17. The number of likely N-dealkylation sites (tertiary alicyclic amines) is 1. The number of ether oxygens (including phenoxy) is 3. The lowest BCUT2D eigenvalue weighted by Crippen LogP contribution is -2.38. The van der Waals surface area contributed by atoms with Crippen molar-refractivity contribution in [3.8, 4) is 11.5 Å². The molecule has 84 heavy (non-hydrogen) atoms. The summed E-state index contributed by atoms with van der Waals surface area (Å²) in [6, 6.07) is 22.5. The Morgan fingerprint density at radius 1 is 0.833 bits per heavy atom. The molecular weight excluding hydrogens is 1110 g/mol. The molecule has 22 heteroatoms. The summed E-state index contributed by atoms with van der Waals surface area (Å²) in [7, 11) is 3.12. The first kappa shape index (κ1) is 60.6. The number of aromatic amines is 2. The molecule has 6 amide bonds.